The van der Waals surface area contributed by atoms with Crippen LogP contribution in [0.2, 0.25) is 0 Å². The van der Waals surface area contributed by atoms with Gasteiger partial charge in [-0.25, -0.2) is 0 Å². The Morgan fingerprint density at radius 3 is 1.83 bits per heavy atom. The summed E-state index contributed by atoms with van der Waals surface area (Å²) < 4.78 is 0. The third-order valence-corrected chi connectivity index (χ3v) is 4.52. The summed E-state index contributed by atoms with van der Waals surface area (Å²) in [5.74, 6) is 0. The number of aliphatic hydroxyl groups is 1. The van der Waals surface area contributed by atoms with Crippen LogP contribution in [0.1, 0.15) is 98.8 Å². The van der Waals surface area contributed by atoms with Gasteiger partial charge in [0.2, 0.25) is 0 Å². The van der Waals surface area contributed by atoms with E-state index in [1.807, 2.05) is 6.92 Å². The van der Waals surface area contributed by atoms with Gasteiger partial charge >= 0.3 is 0 Å². The Balaban J connectivity index is 3.92. The summed E-state index contributed by atoms with van der Waals surface area (Å²) in [7, 11) is 0. The molecule has 0 aromatic heterocycles. The van der Waals surface area contributed by atoms with Crippen molar-refractivity contribution >= 4 is 0 Å². The maximum atomic E-state index is 10.3. The molecule has 0 aromatic rings. The molecule has 0 fully saturated rings. The van der Waals surface area contributed by atoms with Crippen molar-refractivity contribution in [1.29, 1.82) is 0 Å². The van der Waals surface area contributed by atoms with E-state index in [0.717, 1.165) is 12.8 Å². The zero-order chi connectivity index (χ0) is 14.1. The summed E-state index contributed by atoms with van der Waals surface area (Å²) in [5.41, 5.74) is 0.0598. The summed E-state index contributed by atoms with van der Waals surface area (Å²) in [6.45, 7) is 11.2. The fraction of sp³-hybridized carbons (Fsp3) is 1.00. The summed E-state index contributed by atoms with van der Waals surface area (Å²) in [5, 5.41) is 10.3. The predicted octanol–water partition coefficient (Wildman–Crippen LogP) is 5.70. The largest absolute Gasteiger partial charge is 0.390 e. The van der Waals surface area contributed by atoms with Gasteiger partial charge in [0.05, 0.1) is 5.60 Å². The van der Waals surface area contributed by atoms with Gasteiger partial charge in [0.1, 0.15) is 0 Å². The molecule has 0 bridgehead atoms. The molecule has 0 aliphatic rings. The molecule has 0 rings (SSSR count). The minimum atomic E-state index is -0.434. The predicted molar refractivity (Wildman–Crippen MR) is 81.9 cm³/mol. The van der Waals surface area contributed by atoms with Crippen molar-refractivity contribution in [2.24, 2.45) is 5.41 Å². The average Bonchev–Trinajstić information content (AvgIpc) is 2.29. The second-order valence-electron chi connectivity index (χ2n) is 6.72. The fourth-order valence-electron chi connectivity index (χ4n) is 2.86. The van der Waals surface area contributed by atoms with Gasteiger partial charge in [0.25, 0.3) is 0 Å². The lowest BCUT2D eigenvalue weighted by molar-refractivity contribution is 0.0332. The van der Waals surface area contributed by atoms with E-state index in [0.29, 0.717) is 5.41 Å². The molecule has 1 nitrogen and oxygen atoms in total. The van der Waals surface area contributed by atoms with Crippen LogP contribution in [0.15, 0.2) is 0 Å². The molecule has 1 N–H and O–H groups in total. The Morgan fingerprint density at radius 2 is 1.33 bits per heavy atom. The maximum absolute atomic E-state index is 10.3. The Kier molecular flexibility index (Phi) is 8.94. The summed E-state index contributed by atoms with van der Waals surface area (Å²) in [6.07, 6.45) is 11.9. The first kappa shape index (κ1) is 18.0. The van der Waals surface area contributed by atoms with E-state index >= 15 is 0 Å². The molecule has 0 saturated heterocycles. The van der Waals surface area contributed by atoms with Crippen molar-refractivity contribution in [3.8, 4) is 0 Å². The van der Waals surface area contributed by atoms with Crippen LogP contribution < -0.4 is 0 Å². The Morgan fingerprint density at radius 1 is 0.722 bits per heavy atom. The van der Waals surface area contributed by atoms with Crippen LogP contribution in [0.5, 0.6) is 0 Å². The van der Waals surface area contributed by atoms with Crippen molar-refractivity contribution in [3.05, 3.63) is 0 Å². The van der Waals surface area contributed by atoms with Crippen LogP contribution >= 0.6 is 0 Å². The highest BCUT2D eigenvalue weighted by atomic mass is 16.3. The first-order valence-corrected chi connectivity index (χ1v) is 8.11. The second kappa shape index (κ2) is 8.96. The van der Waals surface area contributed by atoms with Gasteiger partial charge < -0.3 is 5.11 Å². The zero-order valence-electron chi connectivity index (χ0n) is 13.5. The zero-order valence-corrected chi connectivity index (χ0v) is 13.5. The van der Waals surface area contributed by atoms with Crippen molar-refractivity contribution in [3.63, 3.8) is 0 Å². The highest BCUT2D eigenvalue weighted by molar-refractivity contribution is 4.77. The van der Waals surface area contributed by atoms with Crippen molar-refractivity contribution in [2.75, 3.05) is 0 Å². The summed E-state index contributed by atoms with van der Waals surface area (Å²) in [4.78, 5) is 0. The van der Waals surface area contributed by atoms with E-state index in [2.05, 4.69) is 27.7 Å². The van der Waals surface area contributed by atoms with E-state index in [1.165, 1.54) is 51.4 Å². The van der Waals surface area contributed by atoms with E-state index in [4.69, 9.17) is 0 Å². The molecule has 18 heavy (non-hydrogen) atoms. The topological polar surface area (TPSA) is 20.2 Å². The number of unbranched alkanes of at least 4 members (excludes halogenated alkanes) is 2. The lowest BCUT2D eigenvalue weighted by atomic mass is 9.77. The maximum Gasteiger partial charge on any atom is 0.0619 e. The van der Waals surface area contributed by atoms with Gasteiger partial charge in [-0.05, 0) is 38.0 Å². The molecule has 0 saturated carbocycles. The molecule has 1 heteroatoms. The quantitative estimate of drug-likeness (QED) is 0.470. The Hall–Kier alpha value is -0.0400. The first-order chi connectivity index (χ1) is 8.39. The smallest absolute Gasteiger partial charge is 0.0619 e. The number of rotatable bonds is 11. The molecule has 2 unspecified atom stereocenters. The standard InChI is InChI=1S/C17H36O/c1-6-9-10-14-17(5,18)15-11-13-16(4,8-3)12-7-2/h18H,6-15H2,1-5H3. The minimum Gasteiger partial charge on any atom is -0.390 e. The summed E-state index contributed by atoms with van der Waals surface area (Å²) >= 11 is 0. The normalized spacial score (nSPS) is 18.3. The third-order valence-electron chi connectivity index (χ3n) is 4.52. The van der Waals surface area contributed by atoms with Gasteiger partial charge in [-0.3, -0.25) is 0 Å². The van der Waals surface area contributed by atoms with Crippen molar-refractivity contribution < 1.29 is 5.11 Å². The van der Waals surface area contributed by atoms with Crippen LogP contribution in [0.3, 0.4) is 0 Å². The molecule has 0 amide bonds. The van der Waals surface area contributed by atoms with Crippen LogP contribution in [-0.4, -0.2) is 10.7 Å². The average molecular weight is 256 g/mol. The van der Waals surface area contributed by atoms with Crippen LogP contribution in [-0.2, 0) is 0 Å². The van der Waals surface area contributed by atoms with Gasteiger partial charge in [-0.1, -0.05) is 66.2 Å². The van der Waals surface area contributed by atoms with E-state index in [-0.39, 0.29) is 0 Å². The van der Waals surface area contributed by atoms with Crippen molar-refractivity contribution in [1.82, 2.24) is 0 Å². The van der Waals surface area contributed by atoms with Gasteiger partial charge in [-0.15, -0.1) is 0 Å². The lowest BCUT2D eigenvalue weighted by Crippen LogP contribution is -2.25. The molecule has 0 aliphatic heterocycles. The highest BCUT2D eigenvalue weighted by Crippen LogP contribution is 2.34. The number of hydrogen-bond acceptors (Lipinski definition) is 1. The van der Waals surface area contributed by atoms with Gasteiger partial charge in [-0.2, -0.15) is 0 Å². The van der Waals surface area contributed by atoms with Crippen LogP contribution in [0.25, 0.3) is 0 Å². The molecular formula is C17H36O. The molecule has 110 valence electrons. The Bertz CT molecular complexity index is 198. The van der Waals surface area contributed by atoms with Crippen LogP contribution in [0.4, 0.5) is 0 Å². The lowest BCUT2D eigenvalue weighted by Gasteiger charge is -2.30. The minimum absolute atomic E-state index is 0.434. The molecular weight excluding hydrogens is 220 g/mol. The third kappa shape index (κ3) is 8.13. The SMILES string of the molecule is CCCCCC(C)(O)CCCC(C)(CC)CCC. The molecule has 0 aromatic carbocycles. The van der Waals surface area contributed by atoms with E-state index < -0.39 is 5.60 Å². The monoisotopic (exact) mass is 256 g/mol. The first-order valence-electron chi connectivity index (χ1n) is 8.11. The van der Waals surface area contributed by atoms with Gasteiger partial charge in [0.15, 0.2) is 0 Å². The fourth-order valence-corrected chi connectivity index (χ4v) is 2.86. The molecule has 0 aliphatic carbocycles. The number of hydrogen-bond donors (Lipinski definition) is 1. The Labute approximate surface area is 115 Å². The second-order valence-corrected chi connectivity index (χ2v) is 6.72. The molecule has 0 radical (unpaired) electrons. The van der Waals surface area contributed by atoms with Crippen molar-refractivity contribution in [2.45, 2.75) is 104 Å². The molecule has 2 atom stereocenters. The molecule has 0 spiro atoms. The summed E-state index contributed by atoms with van der Waals surface area (Å²) in [6, 6.07) is 0. The van der Waals surface area contributed by atoms with Crippen LogP contribution in [0, 0.1) is 5.41 Å². The van der Waals surface area contributed by atoms with E-state index in [9.17, 15) is 5.11 Å². The van der Waals surface area contributed by atoms with Gasteiger partial charge in [0, 0.05) is 0 Å². The molecule has 0 heterocycles. The van der Waals surface area contributed by atoms with E-state index in [1.54, 1.807) is 0 Å². The highest BCUT2D eigenvalue weighted by Gasteiger charge is 2.24.